The lowest BCUT2D eigenvalue weighted by molar-refractivity contribution is 0.473. The zero-order chi connectivity index (χ0) is 15.5. The molecule has 0 spiro atoms. The summed E-state index contributed by atoms with van der Waals surface area (Å²) in [4.78, 5) is 6.56. The Kier molecular flexibility index (Phi) is 3.84. The topological polar surface area (TPSA) is 86.2 Å². The minimum absolute atomic E-state index is 0.284. The minimum Gasteiger partial charge on any atom is -0.508 e. The van der Waals surface area contributed by atoms with Crippen molar-refractivity contribution in [2.45, 2.75) is 18.8 Å². The summed E-state index contributed by atoms with van der Waals surface area (Å²) in [5.41, 5.74) is 7.45. The fraction of sp³-hybridized carbons (Fsp3) is 0.294. The van der Waals surface area contributed by atoms with Gasteiger partial charge in [-0.1, -0.05) is 12.1 Å². The molecule has 2 heterocycles. The molecular formula is C17H18N4O. The van der Waals surface area contributed by atoms with Crippen molar-refractivity contribution >= 4 is 11.6 Å². The molecule has 1 aliphatic heterocycles. The van der Waals surface area contributed by atoms with Crippen molar-refractivity contribution in [1.82, 2.24) is 4.98 Å². The van der Waals surface area contributed by atoms with Crippen molar-refractivity contribution in [1.29, 1.82) is 5.26 Å². The highest BCUT2D eigenvalue weighted by Crippen LogP contribution is 2.30. The number of anilines is 2. The van der Waals surface area contributed by atoms with Crippen molar-refractivity contribution in [2.75, 3.05) is 23.7 Å². The van der Waals surface area contributed by atoms with E-state index in [1.54, 1.807) is 18.2 Å². The number of nitriles is 1. The van der Waals surface area contributed by atoms with Crippen LogP contribution in [-0.2, 0) is 0 Å². The Morgan fingerprint density at radius 1 is 1.23 bits per heavy atom. The van der Waals surface area contributed by atoms with Gasteiger partial charge >= 0.3 is 0 Å². The van der Waals surface area contributed by atoms with E-state index in [-0.39, 0.29) is 11.6 Å². The number of hydrogen-bond acceptors (Lipinski definition) is 5. The van der Waals surface area contributed by atoms with Crippen LogP contribution in [0.4, 0.5) is 11.6 Å². The first-order valence-corrected chi connectivity index (χ1v) is 7.38. The molecule has 1 fully saturated rings. The molecule has 5 nitrogen and oxygen atoms in total. The van der Waals surface area contributed by atoms with Gasteiger partial charge in [0.25, 0.3) is 0 Å². The highest BCUT2D eigenvalue weighted by molar-refractivity contribution is 5.55. The van der Waals surface area contributed by atoms with E-state index in [2.05, 4.69) is 9.88 Å². The molecule has 0 bridgehead atoms. The second-order valence-corrected chi connectivity index (χ2v) is 5.59. The Hall–Kier alpha value is -2.74. The maximum atomic E-state index is 9.40. The third-order valence-electron chi connectivity index (χ3n) is 4.14. The fourth-order valence-electron chi connectivity index (χ4n) is 2.94. The number of nitrogen functional groups attached to an aromatic ring is 1. The zero-order valence-electron chi connectivity index (χ0n) is 12.2. The van der Waals surface area contributed by atoms with Crippen molar-refractivity contribution < 1.29 is 5.11 Å². The highest BCUT2D eigenvalue weighted by Gasteiger charge is 2.22. The standard InChI is InChI=1S/C17H18N4O/c18-10-13-5-8-16(20-17(13)19)21-9-1-2-14(11-21)12-3-6-15(22)7-4-12/h3-8,14,22H,1-2,9,11H2,(H2,19,20). The van der Waals surface area contributed by atoms with E-state index in [0.717, 1.165) is 31.7 Å². The number of benzene rings is 1. The summed E-state index contributed by atoms with van der Waals surface area (Å²) in [6.45, 7) is 1.80. The number of aromatic hydroxyl groups is 1. The van der Waals surface area contributed by atoms with Crippen LogP contribution in [0.25, 0.3) is 0 Å². The number of pyridine rings is 1. The number of phenolic OH excluding ortho intramolecular Hbond substituents is 1. The zero-order valence-corrected chi connectivity index (χ0v) is 12.2. The number of hydrogen-bond donors (Lipinski definition) is 2. The van der Waals surface area contributed by atoms with Gasteiger partial charge in [0.1, 0.15) is 23.5 Å². The van der Waals surface area contributed by atoms with Gasteiger partial charge in [0, 0.05) is 19.0 Å². The summed E-state index contributed by atoms with van der Waals surface area (Å²) in [5, 5.41) is 18.3. The molecule has 22 heavy (non-hydrogen) atoms. The van der Waals surface area contributed by atoms with Crippen LogP contribution >= 0.6 is 0 Å². The quantitative estimate of drug-likeness (QED) is 0.889. The molecule has 1 saturated heterocycles. The lowest BCUT2D eigenvalue weighted by atomic mass is 9.90. The van der Waals surface area contributed by atoms with Crippen LogP contribution in [0.5, 0.6) is 5.75 Å². The SMILES string of the molecule is N#Cc1ccc(N2CCCC(c3ccc(O)cc3)C2)nc1N. The number of piperidine rings is 1. The van der Waals surface area contributed by atoms with Gasteiger partial charge in [-0.3, -0.25) is 0 Å². The molecule has 3 rings (SSSR count). The van der Waals surface area contributed by atoms with E-state index in [4.69, 9.17) is 11.0 Å². The van der Waals surface area contributed by atoms with E-state index in [1.165, 1.54) is 5.56 Å². The average molecular weight is 294 g/mol. The van der Waals surface area contributed by atoms with Crippen LogP contribution in [-0.4, -0.2) is 23.2 Å². The number of phenols is 1. The van der Waals surface area contributed by atoms with Crippen molar-refractivity contribution in [3.8, 4) is 11.8 Å². The van der Waals surface area contributed by atoms with Crippen LogP contribution in [0.2, 0.25) is 0 Å². The molecule has 0 aliphatic carbocycles. The van der Waals surface area contributed by atoms with E-state index >= 15 is 0 Å². The predicted octanol–water partition coefficient (Wildman–Crippen LogP) is 2.63. The van der Waals surface area contributed by atoms with Crippen LogP contribution < -0.4 is 10.6 Å². The molecule has 2 aromatic rings. The molecule has 1 unspecified atom stereocenters. The summed E-state index contributed by atoms with van der Waals surface area (Å²) < 4.78 is 0. The van der Waals surface area contributed by atoms with Gasteiger partial charge in [-0.25, -0.2) is 4.98 Å². The maximum Gasteiger partial charge on any atom is 0.143 e. The van der Waals surface area contributed by atoms with E-state index in [0.29, 0.717) is 11.5 Å². The first-order valence-electron chi connectivity index (χ1n) is 7.38. The second-order valence-electron chi connectivity index (χ2n) is 5.59. The average Bonchev–Trinajstić information content (AvgIpc) is 2.55. The van der Waals surface area contributed by atoms with E-state index < -0.39 is 0 Å². The smallest absolute Gasteiger partial charge is 0.143 e. The molecule has 5 heteroatoms. The van der Waals surface area contributed by atoms with Crippen molar-refractivity contribution in [3.05, 3.63) is 47.5 Å². The largest absolute Gasteiger partial charge is 0.508 e. The number of nitrogens with zero attached hydrogens (tertiary/aromatic N) is 3. The molecule has 1 aliphatic rings. The molecule has 0 radical (unpaired) electrons. The summed E-state index contributed by atoms with van der Waals surface area (Å²) in [6.07, 6.45) is 2.19. The number of rotatable bonds is 2. The van der Waals surface area contributed by atoms with Gasteiger partial charge in [0.15, 0.2) is 0 Å². The van der Waals surface area contributed by atoms with Crippen molar-refractivity contribution in [2.24, 2.45) is 0 Å². The summed E-state index contributed by atoms with van der Waals surface area (Å²) >= 11 is 0. The van der Waals surface area contributed by atoms with Crippen LogP contribution in [0.15, 0.2) is 36.4 Å². The van der Waals surface area contributed by atoms with Gasteiger partial charge in [-0.2, -0.15) is 5.26 Å². The number of nitrogens with two attached hydrogens (primary N) is 1. The molecule has 1 aromatic carbocycles. The van der Waals surface area contributed by atoms with Gasteiger partial charge in [0.05, 0.1) is 5.56 Å². The van der Waals surface area contributed by atoms with Crippen molar-refractivity contribution in [3.63, 3.8) is 0 Å². The van der Waals surface area contributed by atoms with Crippen LogP contribution in [0, 0.1) is 11.3 Å². The molecule has 0 saturated carbocycles. The van der Waals surface area contributed by atoms with Gasteiger partial charge in [0.2, 0.25) is 0 Å². The molecule has 1 atom stereocenters. The van der Waals surface area contributed by atoms with Gasteiger partial charge < -0.3 is 15.7 Å². The lowest BCUT2D eigenvalue weighted by Crippen LogP contribution is -2.35. The van der Waals surface area contributed by atoms with Crippen LogP contribution in [0.1, 0.15) is 29.9 Å². The molecular weight excluding hydrogens is 276 g/mol. The predicted molar refractivity (Wildman–Crippen MR) is 85.7 cm³/mol. The first kappa shape index (κ1) is 14.2. The third-order valence-corrected chi connectivity index (χ3v) is 4.14. The second kappa shape index (κ2) is 5.94. The Balaban J connectivity index is 1.79. The Morgan fingerprint density at radius 3 is 2.68 bits per heavy atom. The molecule has 0 amide bonds. The Bertz CT molecular complexity index is 706. The number of aromatic nitrogens is 1. The first-order chi connectivity index (χ1) is 10.7. The monoisotopic (exact) mass is 294 g/mol. The molecule has 112 valence electrons. The maximum absolute atomic E-state index is 9.40. The summed E-state index contributed by atoms with van der Waals surface area (Å²) in [6, 6.07) is 13.0. The summed E-state index contributed by atoms with van der Waals surface area (Å²) in [5.74, 6) is 1.80. The fourth-order valence-corrected chi connectivity index (χ4v) is 2.94. The summed E-state index contributed by atoms with van der Waals surface area (Å²) in [7, 11) is 0. The minimum atomic E-state index is 0.284. The van der Waals surface area contributed by atoms with Crippen LogP contribution in [0.3, 0.4) is 0 Å². The molecule has 1 aromatic heterocycles. The van der Waals surface area contributed by atoms with E-state index in [9.17, 15) is 5.11 Å². The van der Waals surface area contributed by atoms with E-state index in [1.807, 2.05) is 24.3 Å². The Morgan fingerprint density at radius 2 is 2.00 bits per heavy atom. The third kappa shape index (κ3) is 2.82. The molecule has 3 N–H and O–H groups in total. The van der Waals surface area contributed by atoms with Gasteiger partial charge in [-0.05, 0) is 42.7 Å². The normalized spacial score (nSPS) is 18.0. The Labute approximate surface area is 129 Å². The highest BCUT2D eigenvalue weighted by atomic mass is 16.3. The van der Waals surface area contributed by atoms with Gasteiger partial charge in [-0.15, -0.1) is 0 Å². The lowest BCUT2D eigenvalue weighted by Gasteiger charge is -2.34.